The average Bonchev–Trinajstić information content (AvgIpc) is 3.93. The van der Waals surface area contributed by atoms with Crippen LogP contribution >= 0.6 is 34.0 Å². The van der Waals surface area contributed by atoms with Crippen LogP contribution in [0.15, 0.2) is 133 Å². The molecule has 10 aromatic rings. The fourth-order valence-corrected chi connectivity index (χ4v) is 14.0. The number of aryl methyl sites for hydroxylation is 3. The summed E-state index contributed by atoms with van der Waals surface area (Å²) in [6, 6.07) is 50.9. The molecule has 7 aromatic carbocycles. The third-order valence-corrected chi connectivity index (χ3v) is 16.1. The summed E-state index contributed by atoms with van der Waals surface area (Å²) in [5.74, 6) is 0. The Morgan fingerprint density at radius 1 is 0.509 bits per heavy atom. The summed E-state index contributed by atoms with van der Waals surface area (Å²) in [4.78, 5) is 5.32. The van der Waals surface area contributed by atoms with Crippen LogP contribution in [0.5, 0.6) is 0 Å². The lowest BCUT2D eigenvalue weighted by Crippen LogP contribution is -2.60. The van der Waals surface area contributed by atoms with E-state index < -0.39 is 0 Å². The van der Waals surface area contributed by atoms with Gasteiger partial charge in [0.15, 0.2) is 0 Å². The highest BCUT2D eigenvalue weighted by atomic mass is 32.1. The Balaban J connectivity index is 1.17. The number of rotatable bonds is 2. The smallest absolute Gasteiger partial charge is 0.264 e. The van der Waals surface area contributed by atoms with Crippen molar-refractivity contribution in [3.8, 4) is 0 Å². The number of para-hydroxylation sites is 1. The highest BCUT2D eigenvalue weighted by Gasteiger charge is 2.46. The molecular formula is C49H33BN2S3. The second kappa shape index (κ2) is 11.3. The average molecular weight is 757 g/mol. The van der Waals surface area contributed by atoms with Crippen molar-refractivity contribution < 1.29 is 0 Å². The molecule has 0 saturated heterocycles. The summed E-state index contributed by atoms with van der Waals surface area (Å²) in [6.07, 6.45) is 4.86. The van der Waals surface area contributed by atoms with Crippen LogP contribution in [-0.2, 0) is 12.8 Å². The number of hydrogen-bond acceptors (Lipinski definition) is 5. The summed E-state index contributed by atoms with van der Waals surface area (Å²) in [5.41, 5.74) is 15.0. The Hall–Kier alpha value is -5.40. The van der Waals surface area contributed by atoms with Crippen LogP contribution in [-0.4, -0.2) is 6.71 Å². The zero-order valence-corrected chi connectivity index (χ0v) is 32.7. The van der Waals surface area contributed by atoms with Crippen molar-refractivity contribution in [2.24, 2.45) is 0 Å². The maximum absolute atomic E-state index is 2.72. The minimum absolute atomic E-state index is 0.129. The number of fused-ring (bicyclic) bond motifs is 14. The van der Waals surface area contributed by atoms with Crippen molar-refractivity contribution in [3.05, 3.63) is 150 Å². The van der Waals surface area contributed by atoms with Crippen molar-refractivity contribution in [1.29, 1.82) is 0 Å². The van der Waals surface area contributed by atoms with Gasteiger partial charge in [0.1, 0.15) is 0 Å². The molecule has 1 aliphatic carbocycles. The third-order valence-electron chi connectivity index (χ3n) is 12.5. The van der Waals surface area contributed by atoms with Crippen molar-refractivity contribution in [3.63, 3.8) is 0 Å². The van der Waals surface area contributed by atoms with Crippen LogP contribution in [0, 0.1) is 6.92 Å². The first-order valence-electron chi connectivity index (χ1n) is 19.4. The normalized spacial score (nSPS) is 14.6. The second-order valence-corrected chi connectivity index (χ2v) is 18.7. The molecule has 0 fully saturated rings. The molecule has 0 unspecified atom stereocenters. The van der Waals surface area contributed by atoms with E-state index in [9.17, 15) is 0 Å². The molecule has 260 valence electrons. The largest absolute Gasteiger partial charge is 0.310 e. The lowest BCUT2D eigenvalue weighted by molar-refractivity contribution is 0.690. The van der Waals surface area contributed by atoms with Crippen LogP contribution < -0.4 is 25.5 Å². The van der Waals surface area contributed by atoms with Gasteiger partial charge in [0.25, 0.3) is 6.71 Å². The van der Waals surface area contributed by atoms with E-state index in [0.717, 1.165) is 6.42 Å². The Morgan fingerprint density at radius 3 is 1.85 bits per heavy atom. The van der Waals surface area contributed by atoms with E-state index in [1.165, 1.54) is 125 Å². The molecule has 2 aliphatic heterocycles. The topological polar surface area (TPSA) is 6.48 Å². The maximum Gasteiger partial charge on any atom is 0.264 e. The van der Waals surface area contributed by atoms with Gasteiger partial charge in [-0.3, -0.25) is 0 Å². The van der Waals surface area contributed by atoms with Crippen LogP contribution in [0.25, 0.3) is 50.4 Å². The fraction of sp³-hybridized carbons (Fsp3) is 0.102. The van der Waals surface area contributed by atoms with E-state index in [-0.39, 0.29) is 6.71 Å². The van der Waals surface area contributed by atoms with Crippen molar-refractivity contribution in [1.82, 2.24) is 0 Å². The predicted molar refractivity (Wildman–Crippen MR) is 243 cm³/mol. The molecule has 0 saturated carbocycles. The highest BCUT2D eigenvalue weighted by molar-refractivity contribution is 7.34. The molecular weight excluding hydrogens is 724 g/mol. The molecule has 0 radical (unpaired) electrons. The lowest BCUT2D eigenvalue weighted by Gasteiger charge is -2.43. The second-order valence-electron chi connectivity index (χ2n) is 15.5. The van der Waals surface area contributed by atoms with Gasteiger partial charge in [-0.25, -0.2) is 0 Å². The van der Waals surface area contributed by atoms with Crippen LogP contribution in [0.1, 0.15) is 29.5 Å². The third kappa shape index (κ3) is 4.14. The van der Waals surface area contributed by atoms with E-state index in [1.807, 2.05) is 34.0 Å². The van der Waals surface area contributed by atoms with Crippen LogP contribution in [0.3, 0.4) is 0 Å². The SMILES string of the molecule is Cc1cc2c3c(c1)N(c1cccc4c1sc1ccccc14)c1c(sc4ccc5c(c14)CCCC5)B3c1ccccc1N2c1cccc2c1sc1ccccc12. The molecule has 3 aromatic heterocycles. The Labute approximate surface area is 331 Å². The molecule has 13 rings (SSSR count). The van der Waals surface area contributed by atoms with Gasteiger partial charge in [-0.05, 0) is 109 Å². The summed E-state index contributed by atoms with van der Waals surface area (Å²) < 4.78 is 8.26. The quantitative estimate of drug-likeness (QED) is 0.162. The molecule has 0 atom stereocenters. The number of nitrogens with zero attached hydrogens (tertiary/aromatic N) is 2. The van der Waals surface area contributed by atoms with Gasteiger partial charge in [0.2, 0.25) is 0 Å². The van der Waals surface area contributed by atoms with E-state index in [0.29, 0.717) is 0 Å². The zero-order chi connectivity index (χ0) is 35.9. The molecule has 55 heavy (non-hydrogen) atoms. The van der Waals surface area contributed by atoms with Crippen molar-refractivity contribution in [2.45, 2.75) is 32.6 Å². The maximum atomic E-state index is 2.72. The molecule has 3 aliphatic rings. The number of anilines is 6. The number of thiophene rings is 3. The molecule has 0 N–H and O–H groups in total. The van der Waals surface area contributed by atoms with E-state index in [4.69, 9.17) is 0 Å². The van der Waals surface area contributed by atoms with Gasteiger partial charge < -0.3 is 9.80 Å². The van der Waals surface area contributed by atoms with Crippen LogP contribution in [0.4, 0.5) is 34.1 Å². The van der Waals surface area contributed by atoms with E-state index in [1.54, 1.807) is 11.1 Å². The first-order chi connectivity index (χ1) is 27.2. The lowest BCUT2D eigenvalue weighted by atomic mass is 9.36. The summed E-state index contributed by atoms with van der Waals surface area (Å²) >= 11 is 5.89. The molecule has 0 bridgehead atoms. The van der Waals surface area contributed by atoms with Gasteiger partial charge in [0, 0.05) is 62.9 Å². The first-order valence-corrected chi connectivity index (χ1v) is 21.9. The van der Waals surface area contributed by atoms with Crippen LogP contribution in [0.2, 0.25) is 0 Å². The van der Waals surface area contributed by atoms with Gasteiger partial charge in [-0.1, -0.05) is 84.9 Å². The van der Waals surface area contributed by atoms with Gasteiger partial charge in [-0.15, -0.1) is 34.0 Å². The van der Waals surface area contributed by atoms with Gasteiger partial charge in [0.05, 0.1) is 26.5 Å². The Kier molecular flexibility index (Phi) is 6.36. The first kappa shape index (κ1) is 30.9. The summed E-state index contributed by atoms with van der Waals surface area (Å²) in [7, 11) is 0. The monoisotopic (exact) mass is 756 g/mol. The molecule has 0 spiro atoms. The Bertz CT molecular complexity index is 3280. The van der Waals surface area contributed by atoms with Crippen molar-refractivity contribution in [2.75, 3.05) is 9.80 Å². The standard InChI is InChI=1S/C49H33BN2S3/c1-28-26-39-45-40(27-28)52(38-21-11-17-34-32-15-5-9-23-42(32)54-48(34)38)46-44-30-13-3-2-12-29(30)24-25-43(44)55-49(46)50(45)35-18-6-7-19-36(35)51(39)37-20-10-16-33-31-14-4-8-22-41(31)53-47(33)37/h4-11,14-27H,2-3,12-13H2,1H3. The van der Waals surface area contributed by atoms with Gasteiger partial charge in [-0.2, -0.15) is 0 Å². The molecule has 6 heteroatoms. The van der Waals surface area contributed by atoms with E-state index in [2.05, 4.69) is 150 Å². The highest BCUT2D eigenvalue weighted by Crippen LogP contribution is 2.53. The fourth-order valence-electron chi connectivity index (χ4n) is 10.2. The molecule has 0 amide bonds. The minimum Gasteiger partial charge on any atom is -0.310 e. The summed E-state index contributed by atoms with van der Waals surface area (Å²) in [5, 5.41) is 6.83. The number of benzene rings is 7. The van der Waals surface area contributed by atoms with Crippen molar-refractivity contribution >= 4 is 141 Å². The van der Waals surface area contributed by atoms with Gasteiger partial charge >= 0.3 is 0 Å². The predicted octanol–water partition coefficient (Wildman–Crippen LogP) is 12.9. The summed E-state index contributed by atoms with van der Waals surface area (Å²) in [6.45, 7) is 2.43. The van der Waals surface area contributed by atoms with E-state index >= 15 is 0 Å². The molecule has 2 nitrogen and oxygen atoms in total. The number of hydrogen-bond donors (Lipinski definition) is 0. The minimum atomic E-state index is 0.129. The Morgan fingerprint density at radius 2 is 1.11 bits per heavy atom. The molecule has 5 heterocycles. The zero-order valence-electron chi connectivity index (χ0n) is 30.2.